The van der Waals surface area contributed by atoms with Crippen LogP contribution in [0.25, 0.3) is 0 Å². The van der Waals surface area contributed by atoms with Crippen molar-refractivity contribution in [2.24, 2.45) is 0 Å². The number of ether oxygens (including phenoxy) is 3. The van der Waals surface area contributed by atoms with Crippen LogP contribution in [0.15, 0.2) is 24.3 Å². The van der Waals surface area contributed by atoms with Gasteiger partial charge in [-0.05, 0) is 37.0 Å². The molecule has 0 saturated carbocycles. The molecule has 0 aromatic heterocycles. The molecule has 0 bridgehead atoms. The van der Waals surface area contributed by atoms with Gasteiger partial charge in [0.2, 0.25) is 0 Å². The molecule has 0 heterocycles. The number of methoxy groups -OCH3 is 1. The summed E-state index contributed by atoms with van der Waals surface area (Å²) in [4.78, 5) is 23.5. The molecule has 1 rings (SSSR count). The fourth-order valence-electron chi connectivity index (χ4n) is 3.34. The van der Waals surface area contributed by atoms with Crippen LogP contribution in [0.3, 0.4) is 0 Å². The monoisotopic (exact) mass is 434 g/mol. The highest BCUT2D eigenvalue weighted by Crippen LogP contribution is 2.13. The molecular weight excluding hydrogens is 392 g/mol. The molecule has 0 aliphatic carbocycles. The van der Waals surface area contributed by atoms with Crippen LogP contribution in [-0.2, 0) is 25.7 Å². The normalized spacial score (nSPS) is 10.6. The Hall–Kier alpha value is -2.04. The lowest BCUT2D eigenvalue weighted by Gasteiger charge is -2.06. The Kier molecular flexibility index (Phi) is 16.3. The van der Waals surface area contributed by atoms with Crippen LogP contribution in [0, 0.1) is 0 Å². The number of hydrogen-bond donors (Lipinski definition) is 0. The Morgan fingerprint density at radius 1 is 0.677 bits per heavy atom. The highest BCUT2D eigenvalue weighted by Gasteiger charge is 2.05. The van der Waals surface area contributed by atoms with Crippen molar-refractivity contribution < 1.29 is 23.8 Å². The smallest absolute Gasteiger partial charge is 0.306 e. The molecule has 5 nitrogen and oxygen atoms in total. The van der Waals surface area contributed by atoms with Crippen LogP contribution in [0.4, 0.5) is 0 Å². The molecule has 0 aliphatic heterocycles. The summed E-state index contributed by atoms with van der Waals surface area (Å²) < 4.78 is 15.7. The molecule has 0 fully saturated rings. The number of esters is 2. The Labute approximate surface area is 188 Å². The lowest BCUT2D eigenvalue weighted by molar-refractivity contribution is -0.145. The molecule has 0 unspecified atom stereocenters. The second kappa shape index (κ2) is 18.7. The van der Waals surface area contributed by atoms with Crippen LogP contribution in [-0.4, -0.2) is 25.7 Å². The van der Waals surface area contributed by atoms with Gasteiger partial charge in [0.1, 0.15) is 12.4 Å². The zero-order valence-corrected chi connectivity index (χ0v) is 19.7. The minimum Gasteiger partial charge on any atom is -0.497 e. The number of rotatable bonds is 19. The van der Waals surface area contributed by atoms with Crippen LogP contribution >= 0.6 is 0 Å². The molecule has 0 spiro atoms. The molecule has 0 aliphatic rings. The average molecular weight is 435 g/mol. The van der Waals surface area contributed by atoms with Crippen molar-refractivity contribution in [3.8, 4) is 5.75 Å². The van der Waals surface area contributed by atoms with Crippen LogP contribution in [0.2, 0.25) is 0 Å². The maximum atomic E-state index is 11.8. The van der Waals surface area contributed by atoms with Gasteiger partial charge < -0.3 is 14.2 Å². The van der Waals surface area contributed by atoms with E-state index in [9.17, 15) is 9.59 Å². The molecule has 5 heteroatoms. The molecule has 0 atom stereocenters. The summed E-state index contributed by atoms with van der Waals surface area (Å²) >= 11 is 0. The topological polar surface area (TPSA) is 61.8 Å². The Morgan fingerprint density at radius 2 is 1.19 bits per heavy atom. The third-order valence-corrected chi connectivity index (χ3v) is 5.33. The third kappa shape index (κ3) is 15.4. The van der Waals surface area contributed by atoms with E-state index in [4.69, 9.17) is 14.2 Å². The van der Waals surface area contributed by atoms with Crippen molar-refractivity contribution in [1.82, 2.24) is 0 Å². The van der Waals surface area contributed by atoms with E-state index < -0.39 is 0 Å². The third-order valence-electron chi connectivity index (χ3n) is 5.33. The van der Waals surface area contributed by atoms with Crippen molar-refractivity contribution in [3.05, 3.63) is 29.8 Å². The molecule has 0 N–H and O–H groups in total. The number of benzene rings is 1. The molecule has 31 heavy (non-hydrogen) atoms. The van der Waals surface area contributed by atoms with Crippen molar-refractivity contribution in [1.29, 1.82) is 0 Å². The summed E-state index contributed by atoms with van der Waals surface area (Å²) in [6.45, 7) is 3.08. The van der Waals surface area contributed by atoms with E-state index in [2.05, 4.69) is 6.92 Å². The van der Waals surface area contributed by atoms with Gasteiger partial charge in [-0.25, -0.2) is 0 Å². The van der Waals surface area contributed by atoms with Gasteiger partial charge in [0.15, 0.2) is 0 Å². The zero-order chi connectivity index (χ0) is 22.6. The SMILES string of the molecule is CCCCCCCCOC(=O)CCCCCCCCC(=O)OCc1ccc(OC)cc1. The maximum Gasteiger partial charge on any atom is 0.306 e. The van der Waals surface area contributed by atoms with Crippen molar-refractivity contribution in [2.75, 3.05) is 13.7 Å². The number of hydrogen-bond acceptors (Lipinski definition) is 5. The quantitative estimate of drug-likeness (QED) is 0.178. The first-order chi connectivity index (χ1) is 15.2. The lowest BCUT2D eigenvalue weighted by Crippen LogP contribution is -2.05. The van der Waals surface area contributed by atoms with Gasteiger partial charge in [0.05, 0.1) is 13.7 Å². The molecule has 1 aromatic carbocycles. The average Bonchev–Trinajstić information content (AvgIpc) is 2.79. The standard InChI is InChI=1S/C26H42O5/c1-3-4-5-6-11-14-21-30-25(27)15-12-9-7-8-10-13-16-26(28)31-22-23-17-19-24(29-2)20-18-23/h17-20H,3-16,21-22H2,1-2H3. The van der Waals surface area contributed by atoms with Gasteiger partial charge in [-0.1, -0.05) is 76.8 Å². The van der Waals surface area contributed by atoms with E-state index >= 15 is 0 Å². The van der Waals surface area contributed by atoms with E-state index in [1.807, 2.05) is 24.3 Å². The van der Waals surface area contributed by atoms with Gasteiger partial charge >= 0.3 is 11.9 Å². The van der Waals surface area contributed by atoms with Crippen molar-refractivity contribution >= 4 is 11.9 Å². The van der Waals surface area contributed by atoms with E-state index in [-0.39, 0.29) is 11.9 Å². The van der Waals surface area contributed by atoms with E-state index in [1.165, 1.54) is 25.7 Å². The summed E-state index contributed by atoms with van der Waals surface area (Å²) in [6, 6.07) is 7.52. The second-order valence-electron chi connectivity index (χ2n) is 8.12. The fourth-order valence-corrected chi connectivity index (χ4v) is 3.34. The Bertz CT molecular complexity index is 582. The summed E-state index contributed by atoms with van der Waals surface area (Å²) in [6.07, 6.45) is 14.2. The first-order valence-electron chi connectivity index (χ1n) is 12.1. The van der Waals surface area contributed by atoms with Gasteiger partial charge in [-0.15, -0.1) is 0 Å². The molecule has 0 saturated heterocycles. The maximum absolute atomic E-state index is 11.8. The Balaban J connectivity index is 1.87. The predicted octanol–water partition coefficient (Wildman–Crippen LogP) is 6.76. The van der Waals surface area contributed by atoms with E-state index in [0.29, 0.717) is 26.1 Å². The summed E-state index contributed by atoms with van der Waals surface area (Å²) in [7, 11) is 1.63. The first-order valence-corrected chi connectivity index (χ1v) is 12.1. The van der Waals surface area contributed by atoms with Gasteiger partial charge in [-0.3, -0.25) is 9.59 Å². The number of carbonyl (C=O) groups excluding carboxylic acids is 2. The molecule has 1 aromatic rings. The van der Waals surface area contributed by atoms with Crippen LogP contribution in [0.5, 0.6) is 5.75 Å². The molecule has 0 radical (unpaired) electrons. The summed E-state index contributed by atoms with van der Waals surface area (Å²) in [5, 5.41) is 0. The largest absolute Gasteiger partial charge is 0.497 e. The van der Waals surface area contributed by atoms with Gasteiger partial charge in [-0.2, -0.15) is 0 Å². The van der Waals surface area contributed by atoms with Crippen molar-refractivity contribution in [3.63, 3.8) is 0 Å². The second-order valence-corrected chi connectivity index (χ2v) is 8.12. The lowest BCUT2D eigenvalue weighted by atomic mass is 10.1. The highest BCUT2D eigenvalue weighted by molar-refractivity contribution is 5.69. The molecule has 176 valence electrons. The van der Waals surface area contributed by atoms with Crippen LogP contribution in [0.1, 0.15) is 102 Å². The minimum absolute atomic E-state index is 0.0619. The first kappa shape index (κ1) is 27.0. The minimum atomic E-state index is -0.149. The number of carbonyl (C=O) groups is 2. The van der Waals surface area contributed by atoms with Gasteiger partial charge in [0, 0.05) is 12.8 Å². The van der Waals surface area contributed by atoms with E-state index in [1.54, 1.807) is 7.11 Å². The molecular formula is C26H42O5. The van der Waals surface area contributed by atoms with Crippen LogP contribution < -0.4 is 4.74 Å². The van der Waals surface area contributed by atoms with Crippen molar-refractivity contribution in [2.45, 2.75) is 103 Å². The predicted molar refractivity (Wildman–Crippen MR) is 124 cm³/mol. The van der Waals surface area contributed by atoms with Gasteiger partial charge in [0.25, 0.3) is 0 Å². The fraction of sp³-hybridized carbons (Fsp3) is 0.692. The summed E-state index contributed by atoms with van der Waals surface area (Å²) in [5.74, 6) is 0.581. The van der Waals surface area contributed by atoms with E-state index in [0.717, 1.165) is 62.7 Å². The highest BCUT2D eigenvalue weighted by atomic mass is 16.5. The number of unbranched alkanes of at least 4 members (excludes halogenated alkanes) is 10. The zero-order valence-electron chi connectivity index (χ0n) is 19.7. The molecule has 0 amide bonds. The Morgan fingerprint density at radius 3 is 1.77 bits per heavy atom. The summed E-state index contributed by atoms with van der Waals surface area (Å²) in [5.41, 5.74) is 0.958.